The molecular formula is C15H11NO3. The molecule has 2 amide bonds. The Bertz CT molecular complexity index is 626. The Morgan fingerprint density at radius 3 is 1.84 bits per heavy atom. The molecule has 0 radical (unpaired) electrons. The van der Waals surface area contributed by atoms with Gasteiger partial charge in [-0.25, -0.2) is 4.90 Å². The van der Waals surface area contributed by atoms with Crippen molar-refractivity contribution in [2.24, 2.45) is 0 Å². The van der Waals surface area contributed by atoms with Gasteiger partial charge in [-0.3, -0.25) is 9.59 Å². The Labute approximate surface area is 109 Å². The molecule has 0 fully saturated rings. The number of carbonyl (C=O) groups excluding carboxylic acids is 2. The van der Waals surface area contributed by atoms with Crippen LogP contribution < -0.4 is 4.90 Å². The summed E-state index contributed by atoms with van der Waals surface area (Å²) >= 11 is 0. The quantitative estimate of drug-likeness (QED) is 0.832. The fourth-order valence-electron chi connectivity index (χ4n) is 2.17. The Morgan fingerprint density at radius 2 is 1.37 bits per heavy atom. The second kappa shape index (κ2) is 4.33. The summed E-state index contributed by atoms with van der Waals surface area (Å²) in [5, 5.41) is 8.99. The zero-order valence-corrected chi connectivity index (χ0v) is 10.0. The van der Waals surface area contributed by atoms with E-state index in [0.29, 0.717) is 16.8 Å². The molecule has 0 unspecified atom stereocenters. The maximum absolute atomic E-state index is 12.2. The number of nitrogens with zero attached hydrogens (tertiary/aromatic N) is 1. The summed E-state index contributed by atoms with van der Waals surface area (Å²) in [6, 6.07) is 13.5. The van der Waals surface area contributed by atoms with Crippen LogP contribution in [-0.4, -0.2) is 16.9 Å². The third-order valence-electron chi connectivity index (χ3n) is 3.17. The zero-order chi connectivity index (χ0) is 13.4. The highest BCUT2D eigenvalue weighted by Crippen LogP contribution is 2.28. The van der Waals surface area contributed by atoms with E-state index < -0.39 is 0 Å². The van der Waals surface area contributed by atoms with Crippen LogP contribution >= 0.6 is 0 Å². The van der Waals surface area contributed by atoms with E-state index in [2.05, 4.69) is 0 Å². The molecule has 1 N–H and O–H groups in total. The molecular weight excluding hydrogens is 242 g/mol. The highest BCUT2D eigenvalue weighted by atomic mass is 16.3. The van der Waals surface area contributed by atoms with E-state index in [1.165, 1.54) is 0 Å². The van der Waals surface area contributed by atoms with Crippen LogP contribution in [0.25, 0.3) is 0 Å². The molecule has 19 heavy (non-hydrogen) atoms. The van der Waals surface area contributed by atoms with Crippen molar-refractivity contribution in [1.29, 1.82) is 0 Å². The summed E-state index contributed by atoms with van der Waals surface area (Å²) in [7, 11) is 0. The fraction of sp³-hybridized carbons (Fsp3) is 0.0667. The molecule has 2 aromatic carbocycles. The molecule has 0 spiro atoms. The van der Waals surface area contributed by atoms with Crippen molar-refractivity contribution in [3.8, 4) is 0 Å². The van der Waals surface area contributed by atoms with Gasteiger partial charge in [0.15, 0.2) is 0 Å². The Kier molecular flexibility index (Phi) is 2.65. The minimum atomic E-state index is -0.308. The van der Waals surface area contributed by atoms with Crippen LogP contribution in [-0.2, 0) is 6.61 Å². The summed E-state index contributed by atoms with van der Waals surface area (Å²) in [5.74, 6) is -0.616. The lowest BCUT2D eigenvalue weighted by molar-refractivity contribution is 0.0926. The lowest BCUT2D eigenvalue weighted by atomic mass is 10.1. The minimum Gasteiger partial charge on any atom is -0.392 e. The van der Waals surface area contributed by atoms with E-state index in [1.807, 2.05) is 0 Å². The number of amides is 2. The molecule has 0 saturated heterocycles. The average molecular weight is 253 g/mol. The summed E-state index contributed by atoms with van der Waals surface area (Å²) in [4.78, 5) is 25.6. The first-order valence-electron chi connectivity index (χ1n) is 5.90. The van der Waals surface area contributed by atoms with Crippen LogP contribution in [0, 0.1) is 0 Å². The van der Waals surface area contributed by atoms with Crippen molar-refractivity contribution in [1.82, 2.24) is 0 Å². The number of aliphatic hydroxyl groups is 1. The number of benzene rings is 2. The average Bonchev–Trinajstić information content (AvgIpc) is 2.72. The van der Waals surface area contributed by atoms with Crippen molar-refractivity contribution in [3.63, 3.8) is 0 Å². The summed E-state index contributed by atoms with van der Waals surface area (Å²) in [6.07, 6.45) is 0. The van der Waals surface area contributed by atoms with Gasteiger partial charge < -0.3 is 5.11 Å². The van der Waals surface area contributed by atoms with Crippen LogP contribution in [0.15, 0.2) is 48.5 Å². The van der Waals surface area contributed by atoms with Gasteiger partial charge in [0.2, 0.25) is 0 Å². The zero-order valence-electron chi connectivity index (χ0n) is 10.0. The van der Waals surface area contributed by atoms with Crippen LogP contribution in [0.5, 0.6) is 0 Å². The third kappa shape index (κ3) is 1.73. The predicted octanol–water partition coefficient (Wildman–Crippen LogP) is 1.98. The molecule has 4 heteroatoms. The molecule has 1 aliphatic heterocycles. The number of anilines is 1. The van der Waals surface area contributed by atoms with Crippen molar-refractivity contribution in [2.75, 3.05) is 4.90 Å². The minimum absolute atomic E-state index is 0.0671. The van der Waals surface area contributed by atoms with E-state index in [0.717, 1.165) is 10.5 Å². The lowest BCUT2D eigenvalue weighted by Gasteiger charge is -2.14. The third-order valence-corrected chi connectivity index (χ3v) is 3.17. The van der Waals surface area contributed by atoms with Crippen LogP contribution in [0.4, 0.5) is 5.69 Å². The number of carbonyl (C=O) groups is 2. The normalized spacial score (nSPS) is 13.8. The van der Waals surface area contributed by atoms with E-state index in [9.17, 15) is 9.59 Å². The van der Waals surface area contributed by atoms with Gasteiger partial charge in [0.1, 0.15) is 0 Å². The van der Waals surface area contributed by atoms with E-state index >= 15 is 0 Å². The van der Waals surface area contributed by atoms with Gasteiger partial charge in [-0.2, -0.15) is 0 Å². The maximum Gasteiger partial charge on any atom is 0.266 e. The number of hydrogen-bond acceptors (Lipinski definition) is 3. The highest BCUT2D eigenvalue weighted by Gasteiger charge is 2.36. The Hall–Kier alpha value is -2.46. The van der Waals surface area contributed by atoms with Crippen LogP contribution in [0.3, 0.4) is 0 Å². The van der Waals surface area contributed by atoms with Crippen molar-refractivity contribution >= 4 is 17.5 Å². The van der Waals surface area contributed by atoms with Gasteiger partial charge in [-0.05, 0) is 29.8 Å². The number of fused-ring (bicyclic) bond motifs is 1. The molecule has 0 bridgehead atoms. The van der Waals surface area contributed by atoms with Crippen molar-refractivity contribution < 1.29 is 14.7 Å². The molecule has 1 aliphatic rings. The molecule has 1 heterocycles. The van der Waals surface area contributed by atoms with E-state index in [-0.39, 0.29) is 18.4 Å². The Balaban J connectivity index is 2.03. The first kappa shape index (κ1) is 11.6. The van der Waals surface area contributed by atoms with Gasteiger partial charge >= 0.3 is 0 Å². The van der Waals surface area contributed by atoms with E-state index in [1.54, 1.807) is 48.5 Å². The maximum atomic E-state index is 12.2. The van der Waals surface area contributed by atoms with E-state index in [4.69, 9.17) is 5.11 Å². The number of hydrogen-bond donors (Lipinski definition) is 1. The first-order valence-corrected chi connectivity index (χ1v) is 5.90. The summed E-state index contributed by atoms with van der Waals surface area (Å²) in [5.41, 5.74) is 2.11. The molecule has 3 rings (SSSR count). The largest absolute Gasteiger partial charge is 0.392 e. The lowest BCUT2D eigenvalue weighted by Crippen LogP contribution is -2.29. The molecule has 4 nitrogen and oxygen atoms in total. The molecule has 0 atom stereocenters. The number of aliphatic hydroxyl groups excluding tert-OH is 1. The fourth-order valence-corrected chi connectivity index (χ4v) is 2.17. The number of rotatable bonds is 2. The second-order valence-electron chi connectivity index (χ2n) is 4.32. The van der Waals surface area contributed by atoms with Gasteiger partial charge in [0.05, 0.1) is 23.4 Å². The van der Waals surface area contributed by atoms with Gasteiger partial charge in [0, 0.05) is 0 Å². The molecule has 0 aromatic heterocycles. The molecule has 94 valence electrons. The topological polar surface area (TPSA) is 57.6 Å². The summed E-state index contributed by atoms with van der Waals surface area (Å²) in [6.45, 7) is -0.0671. The van der Waals surface area contributed by atoms with Crippen LogP contribution in [0.2, 0.25) is 0 Å². The molecule has 2 aromatic rings. The van der Waals surface area contributed by atoms with Gasteiger partial charge in [-0.15, -0.1) is 0 Å². The highest BCUT2D eigenvalue weighted by molar-refractivity contribution is 6.34. The van der Waals surface area contributed by atoms with Crippen molar-refractivity contribution in [3.05, 3.63) is 65.2 Å². The van der Waals surface area contributed by atoms with Crippen molar-refractivity contribution in [2.45, 2.75) is 6.61 Å². The Morgan fingerprint density at radius 1 is 0.842 bits per heavy atom. The second-order valence-corrected chi connectivity index (χ2v) is 4.32. The molecule has 0 aliphatic carbocycles. The summed E-state index contributed by atoms with van der Waals surface area (Å²) < 4.78 is 0. The monoisotopic (exact) mass is 253 g/mol. The SMILES string of the molecule is O=C1c2ccccc2C(=O)N1c1ccc(CO)cc1. The first-order chi connectivity index (χ1) is 9.22. The molecule has 0 saturated carbocycles. The number of imide groups is 1. The predicted molar refractivity (Wildman–Crippen MR) is 69.9 cm³/mol. The smallest absolute Gasteiger partial charge is 0.266 e. The standard InChI is InChI=1S/C15H11NO3/c17-9-10-5-7-11(8-6-10)16-14(18)12-3-1-2-4-13(12)15(16)19/h1-8,17H,9H2. The van der Waals surface area contributed by atoms with Gasteiger partial charge in [0.25, 0.3) is 11.8 Å². The van der Waals surface area contributed by atoms with Gasteiger partial charge in [-0.1, -0.05) is 24.3 Å². The van der Waals surface area contributed by atoms with Crippen LogP contribution in [0.1, 0.15) is 26.3 Å².